The molecular weight excluding hydrogens is 302 g/mol. The molecule has 3 aromatic rings. The minimum absolute atomic E-state index is 0.0998. The van der Waals surface area contributed by atoms with Gasteiger partial charge in [0.15, 0.2) is 5.65 Å². The van der Waals surface area contributed by atoms with E-state index in [2.05, 4.69) is 20.0 Å². The van der Waals surface area contributed by atoms with Gasteiger partial charge in [-0.25, -0.2) is 9.50 Å². The lowest BCUT2D eigenvalue weighted by Crippen LogP contribution is -2.25. The van der Waals surface area contributed by atoms with Crippen LogP contribution >= 0.6 is 11.6 Å². The summed E-state index contributed by atoms with van der Waals surface area (Å²) in [6.07, 6.45) is 7.98. The summed E-state index contributed by atoms with van der Waals surface area (Å²) in [5.74, 6) is 1.63. The average Bonchev–Trinajstić information content (AvgIpc) is 3.17. The van der Waals surface area contributed by atoms with Crippen LogP contribution < -0.4 is 9.64 Å². The summed E-state index contributed by atoms with van der Waals surface area (Å²) in [6, 6.07) is 5.66. The van der Waals surface area contributed by atoms with Crippen LogP contribution in [0.25, 0.3) is 5.65 Å². The van der Waals surface area contributed by atoms with E-state index >= 15 is 0 Å². The third kappa shape index (κ3) is 2.46. The first kappa shape index (κ1) is 13.3. The van der Waals surface area contributed by atoms with Crippen LogP contribution in [0.15, 0.2) is 43.0 Å². The highest BCUT2D eigenvalue weighted by Gasteiger charge is 2.25. The maximum absolute atomic E-state index is 6.09. The molecule has 0 aromatic carbocycles. The van der Waals surface area contributed by atoms with E-state index in [0.29, 0.717) is 10.8 Å². The van der Waals surface area contributed by atoms with Crippen LogP contribution in [0.5, 0.6) is 5.75 Å². The Balaban J connectivity index is 1.49. The number of fused-ring (bicyclic) bond motifs is 1. The molecule has 4 heterocycles. The summed E-state index contributed by atoms with van der Waals surface area (Å²) in [7, 11) is 0. The predicted octanol–water partition coefficient (Wildman–Crippen LogP) is 2.44. The van der Waals surface area contributed by atoms with Gasteiger partial charge in [0.05, 0.1) is 12.7 Å². The first-order valence-corrected chi connectivity index (χ1v) is 7.49. The Kier molecular flexibility index (Phi) is 3.31. The number of rotatable bonds is 3. The molecule has 112 valence electrons. The van der Waals surface area contributed by atoms with Gasteiger partial charge in [-0.15, -0.1) is 0 Å². The number of aromatic nitrogens is 4. The van der Waals surface area contributed by atoms with Crippen LogP contribution in [0, 0.1) is 0 Å². The molecule has 1 aliphatic heterocycles. The van der Waals surface area contributed by atoms with Crippen molar-refractivity contribution in [2.45, 2.75) is 12.5 Å². The Morgan fingerprint density at radius 2 is 2.18 bits per heavy atom. The first-order valence-electron chi connectivity index (χ1n) is 7.11. The Morgan fingerprint density at radius 3 is 3.09 bits per heavy atom. The molecule has 4 rings (SSSR count). The van der Waals surface area contributed by atoms with Gasteiger partial charge in [-0.3, -0.25) is 4.98 Å². The van der Waals surface area contributed by atoms with Crippen LogP contribution in [0.1, 0.15) is 6.42 Å². The van der Waals surface area contributed by atoms with Crippen LogP contribution in [0.2, 0.25) is 5.02 Å². The summed E-state index contributed by atoms with van der Waals surface area (Å²) in [5.41, 5.74) is 0.846. The number of hydrogen-bond donors (Lipinski definition) is 0. The quantitative estimate of drug-likeness (QED) is 0.743. The van der Waals surface area contributed by atoms with Crippen LogP contribution in [-0.2, 0) is 0 Å². The lowest BCUT2D eigenvalue weighted by molar-refractivity contribution is 0.225. The second-order valence-corrected chi connectivity index (χ2v) is 5.61. The van der Waals surface area contributed by atoms with E-state index in [-0.39, 0.29) is 6.10 Å². The van der Waals surface area contributed by atoms with Gasteiger partial charge in [0, 0.05) is 43.7 Å². The molecule has 0 bridgehead atoms. The van der Waals surface area contributed by atoms with E-state index in [4.69, 9.17) is 16.3 Å². The smallest absolute Gasteiger partial charge is 0.157 e. The van der Waals surface area contributed by atoms with E-state index < -0.39 is 0 Å². The summed E-state index contributed by atoms with van der Waals surface area (Å²) >= 11 is 6.09. The van der Waals surface area contributed by atoms with Gasteiger partial charge < -0.3 is 9.64 Å². The second-order valence-electron chi connectivity index (χ2n) is 5.20. The third-order valence-electron chi connectivity index (χ3n) is 3.74. The van der Waals surface area contributed by atoms with Crippen molar-refractivity contribution in [2.24, 2.45) is 0 Å². The second kappa shape index (κ2) is 5.46. The number of pyridine rings is 1. The van der Waals surface area contributed by atoms with Gasteiger partial charge in [-0.2, -0.15) is 5.10 Å². The number of halogens is 1. The summed E-state index contributed by atoms with van der Waals surface area (Å²) in [5, 5.41) is 4.70. The van der Waals surface area contributed by atoms with Crippen molar-refractivity contribution in [1.29, 1.82) is 0 Å². The number of hydrogen-bond acceptors (Lipinski definition) is 5. The highest BCUT2D eigenvalue weighted by Crippen LogP contribution is 2.27. The monoisotopic (exact) mass is 315 g/mol. The van der Waals surface area contributed by atoms with E-state index in [1.165, 1.54) is 0 Å². The van der Waals surface area contributed by atoms with Crippen molar-refractivity contribution in [3.63, 3.8) is 0 Å². The molecule has 0 saturated carbocycles. The lowest BCUT2D eigenvalue weighted by Gasteiger charge is -2.18. The van der Waals surface area contributed by atoms with Crippen LogP contribution in [0.3, 0.4) is 0 Å². The Hall–Kier alpha value is -2.34. The van der Waals surface area contributed by atoms with Crippen molar-refractivity contribution in [1.82, 2.24) is 19.6 Å². The minimum Gasteiger partial charge on any atom is -0.487 e. The molecule has 1 unspecified atom stereocenters. The fourth-order valence-electron chi connectivity index (χ4n) is 2.65. The van der Waals surface area contributed by atoms with Gasteiger partial charge in [-0.1, -0.05) is 11.6 Å². The van der Waals surface area contributed by atoms with Gasteiger partial charge >= 0.3 is 0 Å². The molecule has 0 radical (unpaired) electrons. The maximum atomic E-state index is 6.09. The molecule has 7 heteroatoms. The zero-order valence-corrected chi connectivity index (χ0v) is 12.5. The topological polar surface area (TPSA) is 55.5 Å². The Morgan fingerprint density at radius 1 is 1.23 bits per heavy atom. The molecule has 1 saturated heterocycles. The fraction of sp³-hybridized carbons (Fsp3) is 0.267. The van der Waals surface area contributed by atoms with Gasteiger partial charge in [0.1, 0.15) is 22.7 Å². The number of nitrogens with zero attached hydrogens (tertiary/aromatic N) is 5. The zero-order chi connectivity index (χ0) is 14.9. The minimum atomic E-state index is 0.0998. The van der Waals surface area contributed by atoms with Crippen molar-refractivity contribution in [3.8, 4) is 5.75 Å². The molecule has 0 spiro atoms. The standard InChI is InChI=1S/C15H14ClN5O/c16-12-9-17-5-1-13(12)22-11-3-7-20(10-11)14-4-8-21-15(19-14)2-6-18-21/h1-2,4-6,8-9,11H,3,7,10H2. The van der Waals surface area contributed by atoms with Gasteiger partial charge in [-0.05, 0) is 6.07 Å². The molecule has 0 aliphatic carbocycles. The van der Waals surface area contributed by atoms with E-state index in [0.717, 1.165) is 31.0 Å². The van der Waals surface area contributed by atoms with Crippen molar-refractivity contribution in [3.05, 3.63) is 48.0 Å². The molecule has 22 heavy (non-hydrogen) atoms. The third-order valence-corrected chi connectivity index (χ3v) is 4.03. The van der Waals surface area contributed by atoms with E-state index in [1.807, 2.05) is 18.3 Å². The molecule has 1 atom stereocenters. The average molecular weight is 316 g/mol. The maximum Gasteiger partial charge on any atom is 0.157 e. The predicted molar refractivity (Wildman–Crippen MR) is 83.5 cm³/mol. The fourth-order valence-corrected chi connectivity index (χ4v) is 2.81. The highest BCUT2D eigenvalue weighted by atomic mass is 35.5. The first-order chi connectivity index (χ1) is 10.8. The largest absolute Gasteiger partial charge is 0.487 e. The molecule has 1 aliphatic rings. The van der Waals surface area contributed by atoms with E-state index in [1.54, 1.807) is 29.2 Å². The van der Waals surface area contributed by atoms with Crippen LogP contribution in [-0.4, -0.2) is 38.8 Å². The van der Waals surface area contributed by atoms with Crippen molar-refractivity contribution in [2.75, 3.05) is 18.0 Å². The van der Waals surface area contributed by atoms with E-state index in [9.17, 15) is 0 Å². The number of anilines is 1. The normalized spacial score (nSPS) is 18.0. The lowest BCUT2D eigenvalue weighted by atomic mass is 10.3. The SMILES string of the molecule is Clc1cnccc1OC1CCN(c2ccn3nccc3n2)C1. The molecule has 3 aromatic heterocycles. The Labute approximate surface area is 132 Å². The molecule has 1 fully saturated rings. The molecule has 0 N–H and O–H groups in total. The number of ether oxygens (including phenoxy) is 1. The van der Waals surface area contributed by atoms with Gasteiger partial charge in [0.2, 0.25) is 0 Å². The highest BCUT2D eigenvalue weighted by molar-refractivity contribution is 6.31. The Bertz CT molecular complexity index is 805. The molecular formula is C15H14ClN5O. The van der Waals surface area contributed by atoms with Crippen molar-refractivity contribution < 1.29 is 4.74 Å². The van der Waals surface area contributed by atoms with Gasteiger partial charge in [0.25, 0.3) is 0 Å². The van der Waals surface area contributed by atoms with Crippen LogP contribution in [0.4, 0.5) is 5.82 Å². The summed E-state index contributed by atoms with van der Waals surface area (Å²) in [4.78, 5) is 10.8. The zero-order valence-electron chi connectivity index (χ0n) is 11.8. The molecule has 6 nitrogen and oxygen atoms in total. The van der Waals surface area contributed by atoms with Crippen molar-refractivity contribution >= 4 is 23.1 Å². The molecule has 0 amide bonds. The summed E-state index contributed by atoms with van der Waals surface area (Å²) in [6.45, 7) is 1.70. The summed E-state index contributed by atoms with van der Waals surface area (Å²) < 4.78 is 7.73.